The third-order valence-electron chi connectivity index (χ3n) is 3.76. The van der Waals surface area contributed by atoms with Crippen LogP contribution >= 0.6 is 0 Å². The Bertz CT molecular complexity index is 843. The van der Waals surface area contributed by atoms with Gasteiger partial charge in [-0.25, -0.2) is 0 Å². The molecule has 0 bridgehead atoms. The highest BCUT2D eigenvalue weighted by Crippen LogP contribution is 2.37. The van der Waals surface area contributed by atoms with Crippen LogP contribution in [0.25, 0.3) is 11.5 Å². The van der Waals surface area contributed by atoms with Crippen molar-refractivity contribution in [3.05, 3.63) is 53.9 Å². The van der Waals surface area contributed by atoms with Gasteiger partial charge in [-0.3, -0.25) is 0 Å². The number of aromatic nitrogens is 2. The summed E-state index contributed by atoms with van der Waals surface area (Å²) in [6, 6.07) is 13.7. The van der Waals surface area contributed by atoms with E-state index in [-0.39, 0.29) is 0 Å². The van der Waals surface area contributed by atoms with Gasteiger partial charge in [0.05, 0.1) is 12.2 Å². The van der Waals surface area contributed by atoms with Crippen LogP contribution in [0.1, 0.15) is 11.5 Å². The highest BCUT2D eigenvalue weighted by molar-refractivity contribution is 5.63. The number of fused-ring (bicyclic) bond motifs is 1. The third-order valence-corrected chi connectivity index (χ3v) is 3.76. The predicted molar refractivity (Wildman–Crippen MR) is 89.2 cm³/mol. The summed E-state index contributed by atoms with van der Waals surface area (Å²) in [6.07, 6.45) is 0. The summed E-state index contributed by atoms with van der Waals surface area (Å²) < 4.78 is 17.0. The molecule has 0 unspecified atom stereocenters. The second kappa shape index (κ2) is 6.23. The zero-order valence-electron chi connectivity index (χ0n) is 13.3. The number of aryl methyl sites for hydroxylation is 1. The number of rotatable bonds is 4. The topological polar surface area (TPSA) is 69.4 Å². The van der Waals surface area contributed by atoms with Crippen molar-refractivity contribution in [2.24, 2.45) is 0 Å². The van der Waals surface area contributed by atoms with Crippen molar-refractivity contribution in [1.82, 2.24) is 10.2 Å². The highest BCUT2D eigenvalue weighted by atomic mass is 16.6. The molecule has 0 radical (unpaired) electrons. The van der Waals surface area contributed by atoms with E-state index in [1.165, 1.54) is 5.56 Å². The van der Waals surface area contributed by atoms with Crippen molar-refractivity contribution in [2.75, 3.05) is 18.5 Å². The molecule has 0 atom stereocenters. The standard InChI is InChI=1S/C18H17N3O3/c1-12-5-7-13(8-6-12)18-21-20-16(24-18)11-19-14-3-2-4-15-17(14)23-10-9-22-15/h2-8,19H,9-11H2,1H3. The van der Waals surface area contributed by atoms with E-state index >= 15 is 0 Å². The van der Waals surface area contributed by atoms with Crippen molar-refractivity contribution in [3.8, 4) is 23.0 Å². The molecule has 122 valence electrons. The zero-order chi connectivity index (χ0) is 16.4. The first-order valence-electron chi connectivity index (χ1n) is 7.81. The fraction of sp³-hybridized carbons (Fsp3) is 0.222. The van der Waals surface area contributed by atoms with Crippen LogP contribution < -0.4 is 14.8 Å². The Kier molecular flexibility index (Phi) is 3.78. The molecule has 1 aromatic heterocycles. The lowest BCUT2D eigenvalue weighted by Gasteiger charge is -2.21. The van der Waals surface area contributed by atoms with Gasteiger partial charge in [-0.2, -0.15) is 0 Å². The molecule has 0 fully saturated rings. The van der Waals surface area contributed by atoms with Gasteiger partial charge in [0, 0.05) is 5.56 Å². The number of nitrogens with zero attached hydrogens (tertiary/aromatic N) is 2. The summed E-state index contributed by atoms with van der Waals surface area (Å²) in [7, 11) is 0. The number of ether oxygens (including phenoxy) is 2. The highest BCUT2D eigenvalue weighted by Gasteiger charge is 2.16. The Morgan fingerprint density at radius 1 is 1.00 bits per heavy atom. The van der Waals surface area contributed by atoms with Crippen molar-refractivity contribution < 1.29 is 13.9 Å². The Morgan fingerprint density at radius 3 is 2.71 bits per heavy atom. The van der Waals surface area contributed by atoms with Crippen LogP contribution in [0.4, 0.5) is 5.69 Å². The monoisotopic (exact) mass is 323 g/mol. The van der Waals surface area contributed by atoms with Gasteiger partial charge in [0.15, 0.2) is 11.5 Å². The van der Waals surface area contributed by atoms with Gasteiger partial charge in [0.2, 0.25) is 11.8 Å². The van der Waals surface area contributed by atoms with Gasteiger partial charge < -0.3 is 19.2 Å². The summed E-state index contributed by atoms with van der Waals surface area (Å²) in [5.74, 6) is 2.50. The molecule has 3 aromatic rings. The predicted octanol–water partition coefficient (Wildman–Crippen LogP) is 3.43. The number of hydrogen-bond acceptors (Lipinski definition) is 6. The van der Waals surface area contributed by atoms with Crippen LogP contribution in [0.15, 0.2) is 46.9 Å². The van der Waals surface area contributed by atoms with E-state index in [2.05, 4.69) is 15.5 Å². The van der Waals surface area contributed by atoms with E-state index in [9.17, 15) is 0 Å². The Hall–Kier alpha value is -3.02. The van der Waals surface area contributed by atoms with Crippen LogP contribution in [-0.2, 0) is 6.54 Å². The largest absolute Gasteiger partial charge is 0.486 e. The molecule has 2 heterocycles. The minimum Gasteiger partial charge on any atom is -0.486 e. The summed E-state index contributed by atoms with van der Waals surface area (Å²) in [6.45, 7) is 3.57. The molecule has 0 amide bonds. The number of para-hydroxylation sites is 1. The molecule has 1 aliphatic heterocycles. The maximum absolute atomic E-state index is 5.72. The summed E-state index contributed by atoms with van der Waals surface area (Å²) >= 11 is 0. The van der Waals surface area contributed by atoms with Crippen molar-refractivity contribution in [1.29, 1.82) is 0 Å². The van der Waals surface area contributed by atoms with Gasteiger partial charge in [0.1, 0.15) is 13.2 Å². The second-order valence-corrected chi connectivity index (χ2v) is 5.55. The fourth-order valence-electron chi connectivity index (χ4n) is 2.52. The number of nitrogens with one attached hydrogen (secondary N) is 1. The van der Waals surface area contributed by atoms with Crippen molar-refractivity contribution >= 4 is 5.69 Å². The molecule has 2 aromatic carbocycles. The first kappa shape index (κ1) is 14.6. The SMILES string of the molecule is Cc1ccc(-c2nnc(CNc3cccc4c3OCCO4)o2)cc1. The molecular formula is C18H17N3O3. The number of anilines is 1. The van der Waals surface area contributed by atoms with E-state index in [1.54, 1.807) is 0 Å². The van der Waals surface area contributed by atoms with Crippen LogP contribution in [0.2, 0.25) is 0 Å². The van der Waals surface area contributed by atoms with Gasteiger partial charge in [-0.15, -0.1) is 10.2 Å². The van der Waals surface area contributed by atoms with Crippen molar-refractivity contribution in [2.45, 2.75) is 13.5 Å². The molecule has 0 spiro atoms. The lowest BCUT2D eigenvalue weighted by Crippen LogP contribution is -2.16. The van der Waals surface area contributed by atoms with Gasteiger partial charge in [-0.05, 0) is 31.2 Å². The van der Waals surface area contributed by atoms with Crippen LogP contribution in [0.3, 0.4) is 0 Å². The van der Waals surface area contributed by atoms with E-state index < -0.39 is 0 Å². The molecular weight excluding hydrogens is 306 g/mol. The summed E-state index contributed by atoms with van der Waals surface area (Å²) in [4.78, 5) is 0. The Balaban J connectivity index is 1.48. The van der Waals surface area contributed by atoms with Crippen LogP contribution in [0.5, 0.6) is 11.5 Å². The molecule has 0 saturated heterocycles. The minimum absolute atomic E-state index is 0.415. The van der Waals surface area contributed by atoms with Crippen LogP contribution in [0, 0.1) is 6.92 Å². The Morgan fingerprint density at radius 2 is 1.83 bits per heavy atom. The summed E-state index contributed by atoms with van der Waals surface area (Å²) in [5, 5.41) is 11.5. The average Bonchev–Trinajstić information content (AvgIpc) is 3.09. The smallest absolute Gasteiger partial charge is 0.247 e. The maximum atomic E-state index is 5.72. The maximum Gasteiger partial charge on any atom is 0.247 e. The first-order valence-corrected chi connectivity index (χ1v) is 7.81. The Labute approximate surface area is 139 Å². The fourth-order valence-corrected chi connectivity index (χ4v) is 2.52. The van der Waals surface area contributed by atoms with Crippen molar-refractivity contribution in [3.63, 3.8) is 0 Å². The molecule has 0 aliphatic carbocycles. The molecule has 6 heteroatoms. The van der Waals surface area contributed by atoms with E-state index in [4.69, 9.17) is 13.9 Å². The lowest BCUT2D eigenvalue weighted by molar-refractivity contribution is 0.172. The molecule has 4 rings (SSSR count). The van der Waals surface area contributed by atoms with Gasteiger partial charge in [-0.1, -0.05) is 23.8 Å². The summed E-state index contributed by atoms with van der Waals surface area (Å²) in [5.41, 5.74) is 2.95. The second-order valence-electron chi connectivity index (χ2n) is 5.55. The number of hydrogen-bond donors (Lipinski definition) is 1. The van der Waals surface area contributed by atoms with E-state index in [0.717, 1.165) is 22.7 Å². The van der Waals surface area contributed by atoms with Gasteiger partial charge >= 0.3 is 0 Å². The third kappa shape index (κ3) is 2.90. The quantitative estimate of drug-likeness (QED) is 0.793. The number of benzene rings is 2. The molecule has 6 nitrogen and oxygen atoms in total. The normalized spacial score (nSPS) is 12.9. The molecule has 0 saturated carbocycles. The minimum atomic E-state index is 0.415. The molecule has 1 N–H and O–H groups in total. The van der Waals surface area contributed by atoms with Gasteiger partial charge in [0.25, 0.3) is 0 Å². The molecule has 24 heavy (non-hydrogen) atoms. The van der Waals surface area contributed by atoms with Crippen LogP contribution in [-0.4, -0.2) is 23.4 Å². The first-order chi connectivity index (χ1) is 11.8. The van der Waals surface area contributed by atoms with E-state index in [1.807, 2.05) is 49.4 Å². The van der Waals surface area contributed by atoms with E-state index in [0.29, 0.717) is 31.5 Å². The average molecular weight is 323 g/mol. The zero-order valence-corrected chi connectivity index (χ0v) is 13.3. The molecule has 1 aliphatic rings. The lowest BCUT2D eigenvalue weighted by atomic mass is 10.1.